The maximum Gasteiger partial charge on any atom is 0.0695 e. The van der Waals surface area contributed by atoms with Crippen LogP contribution in [0.25, 0.3) is 5.57 Å². The lowest BCUT2D eigenvalue weighted by Gasteiger charge is -2.37. The molecule has 0 aliphatic carbocycles. The molecule has 3 nitrogen and oxygen atoms in total. The maximum atomic E-state index is 6.05. The lowest BCUT2D eigenvalue weighted by atomic mass is 9.95. The molecule has 0 spiro atoms. The van der Waals surface area contributed by atoms with Crippen LogP contribution in [0.5, 0.6) is 0 Å². The van der Waals surface area contributed by atoms with Crippen molar-refractivity contribution in [3.8, 4) is 0 Å². The van der Waals surface area contributed by atoms with Gasteiger partial charge in [-0.3, -0.25) is 4.90 Å². The molecule has 2 aliphatic rings. The molecule has 1 radical (unpaired) electrons. The van der Waals surface area contributed by atoms with Gasteiger partial charge in [-0.1, -0.05) is 35.9 Å². The summed E-state index contributed by atoms with van der Waals surface area (Å²) < 4.78 is 5.77. The molecule has 135 valence electrons. The van der Waals surface area contributed by atoms with Crippen LogP contribution in [-0.4, -0.2) is 50.8 Å². The Balaban J connectivity index is 1.43. The standard InChI is InChI=1S/C22H24ClN2O/c23-20-8-6-18(7-9-20)22-10-15-26-17-19(22)16-24-11-13-25(14-12-24)21-4-2-1-3-5-21/h2-9H,10-17H2. The van der Waals surface area contributed by atoms with Gasteiger partial charge in [0.05, 0.1) is 13.2 Å². The summed E-state index contributed by atoms with van der Waals surface area (Å²) >= 11 is 6.05. The molecule has 0 bridgehead atoms. The van der Waals surface area contributed by atoms with E-state index in [0.717, 1.165) is 57.4 Å². The number of anilines is 1. The van der Waals surface area contributed by atoms with Crippen LogP contribution < -0.4 is 4.90 Å². The summed E-state index contributed by atoms with van der Waals surface area (Å²) in [5, 5.41) is 0.789. The van der Waals surface area contributed by atoms with Gasteiger partial charge in [0.25, 0.3) is 0 Å². The summed E-state index contributed by atoms with van der Waals surface area (Å²) in [4.78, 5) is 5.00. The van der Waals surface area contributed by atoms with Crippen LogP contribution in [-0.2, 0) is 4.74 Å². The number of benzene rings is 2. The molecule has 2 aromatic carbocycles. The van der Waals surface area contributed by atoms with Crippen molar-refractivity contribution >= 4 is 22.9 Å². The molecule has 0 unspecified atom stereocenters. The zero-order valence-electron chi connectivity index (χ0n) is 15.0. The van der Waals surface area contributed by atoms with Gasteiger partial charge in [-0.25, -0.2) is 0 Å². The zero-order valence-corrected chi connectivity index (χ0v) is 15.7. The fourth-order valence-corrected chi connectivity index (χ4v) is 3.92. The molecule has 0 N–H and O–H groups in total. The second kappa shape index (κ2) is 8.26. The number of nitrogens with zero attached hydrogens (tertiary/aromatic N) is 2. The molecule has 2 aromatic rings. The zero-order chi connectivity index (χ0) is 17.8. The molecule has 1 saturated heterocycles. The second-order valence-electron chi connectivity index (χ2n) is 6.91. The van der Waals surface area contributed by atoms with Gasteiger partial charge in [0.15, 0.2) is 0 Å². The van der Waals surface area contributed by atoms with E-state index in [2.05, 4.69) is 40.1 Å². The van der Waals surface area contributed by atoms with Gasteiger partial charge >= 0.3 is 0 Å². The Hall–Kier alpha value is -1.81. The fraction of sp³-hybridized carbons (Fsp3) is 0.364. The second-order valence-corrected chi connectivity index (χ2v) is 7.35. The first-order valence-electron chi connectivity index (χ1n) is 9.27. The Kier molecular flexibility index (Phi) is 5.59. The number of piperazine rings is 1. The van der Waals surface area contributed by atoms with Gasteiger partial charge < -0.3 is 9.64 Å². The van der Waals surface area contributed by atoms with E-state index in [1.807, 2.05) is 24.3 Å². The van der Waals surface area contributed by atoms with Crippen molar-refractivity contribution in [3.05, 3.63) is 70.8 Å². The number of halogens is 1. The summed E-state index contributed by atoms with van der Waals surface area (Å²) in [6, 6.07) is 19.6. The van der Waals surface area contributed by atoms with Crippen molar-refractivity contribution in [1.29, 1.82) is 0 Å². The van der Waals surface area contributed by atoms with Crippen LogP contribution in [0.3, 0.4) is 0 Å². The SMILES string of the molecule is Clc1ccc(C2=C(CN3CCN(c4cc[c]cc4)CC3)COCC2)cc1. The molecule has 4 heteroatoms. The first-order chi connectivity index (χ1) is 12.8. The molecular weight excluding hydrogens is 344 g/mol. The van der Waals surface area contributed by atoms with Crippen LogP contribution in [0, 0.1) is 6.07 Å². The van der Waals surface area contributed by atoms with Crippen molar-refractivity contribution in [2.75, 3.05) is 50.8 Å². The van der Waals surface area contributed by atoms with Crippen molar-refractivity contribution < 1.29 is 4.74 Å². The quantitative estimate of drug-likeness (QED) is 0.807. The number of ether oxygens (including phenoxy) is 1. The normalized spacial score (nSPS) is 19.0. The molecule has 2 aliphatic heterocycles. The van der Waals surface area contributed by atoms with Gasteiger partial charge in [0.2, 0.25) is 0 Å². The van der Waals surface area contributed by atoms with Crippen molar-refractivity contribution in [1.82, 2.24) is 4.90 Å². The van der Waals surface area contributed by atoms with Crippen molar-refractivity contribution in [2.45, 2.75) is 6.42 Å². The average Bonchev–Trinajstić information content (AvgIpc) is 2.70. The Morgan fingerprint density at radius 2 is 1.69 bits per heavy atom. The van der Waals surface area contributed by atoms with E-state index in [1.54, 1.807) is 0 Å². The molecular formula is C22H24ClN2O. The van der Waals surface area contributed by atoms with E-state index in [9.17, 15) is 0 Å². The summed E-state index contributed by atoms with van der Waals surface area (Å²) in [5.41, 5.74) is 5.44. The minimum Gasteiger partial charge on any atom is -0.377 e. The van der Waals surface area contributed by atoms with E-state index in [4.69, 9.17) is 16.3 Å². The van der Waals surface area contributed by atoms with E-state index in [-0.39, 0.29) is 0 Å². The first-order valence-corrected chi connectivity index (χ1v) is 9.65. The van der Waals surface area contributed by atoms with Crippen LogP contribution >= 0.6 is 11.6 Å². The topological polar surface area (TPSA) is 15.7 Å². The van der Waals surface area contributed by atoms with Crippen molar-refractivity contribution in [2.24, 2.45) is 0 Å². The fourth-order valence-electron chi connectivity index (χ4n) is 3.80. The third kappa shape index (κ3) is 4.12. The average molecular weight is 368 g/mol. The summed E-state index contributed by atoms with van der Waals surface area (Å²) in [6.45, 7) is 6.83. The predicted octanol–water partition coefficient (Wildman–Crippen LogP) is 4.14. The highest BCUT2D eigenvalue weighted by Gasteiger charge is 2.21. The summed E-state index contributed by atoms with van der Waals surface area (Å²) in [5.74, 6) is 0. The van der Waals surface area contributed by atoms with E-state index in [1.165, 1.54) is 22.4 Å². The first kappa shape index (κ1) is 17.6. The predicted molar refractivity (Wildman–Crippen MR) is 108 cm³/mol. The molecule has 26 heavy (non-hydrogen) atoms. The lowest BCUT2D eigenvalue weighted by molar-refractivity contribution is 0.144. The Morgan fingerprint density at radius 1 is 0.962 bits per heavy atom. The van der Waals surface area contributed by atoms with Crippen LogP contribution in [0.1, 0.15) is 12.0 Å². The molecule has 0 saturated carbocycles. The van der Waals surface area contributed by atoms with Gasteiger partial charge in [-0.2, -0.15) is 0 Å². The van der Waals surface area contributed by atoms with E-state index >= 15 is 0 Å². The van der Waals surface area contributed by atoms with Crippen molar-refractivity contribution in [3.63, 3.8) is 0 Å². The number of rotatable bonds is 4. The molecule has 0 aromatic heterocycles. The largest absolute Gasteiger partial charge is 0.377 e. The van der Waals surface area contributed by atoms with E-state index in [0.29, 0.717) is 0 Å². The number of hydrogen-bond acceptors (Lipinski definition) is 3. The highest BCUT2D eigenvalue weighted by atomic mass is 35.5. The van der Waals surface area contributed by atoms with Gasteiger partial charge in [0, 0.05) is 43.4 Å². The van der Waals surface area contributed by atoms with Crippen LogP contribution in [0.4, 0.5) is 5.69 Å². The van der Waals surface area contributed by atoms with Crippen LogP contribution in [0.2, 0.25) is 5.02 Å². The van der Waals surface area contributed by atoms with E-state index < -0.39 is 0 Å². The Morgan fingerprint density at radius 3 is 2.42 bits per heavy atom. The van der Waals surface area contributed by atoms with Crippen LogP contribution in [0.15, 0.2) is 54.1 Å². The maximum absolute atomic E-state index is 6.05. The van der Waals surface area contributed by atoms with Gasteiger partial charge in [-0.05, 0) is 53.5 Å². The van der Waals surface area contributed by atoms with Gasteiger partial charge in [0.1, 0.15) is 0 Å². The highest BCUT2D eigenvalue weighted by molar-refractivity contribution is 6.30. The number of hydrogen-bond donors (Lipinski definition) is 0. The van der Waals surface area contributed by atoms with Gasteiger partial charge in [-0.15, -0.1) is 0 Å². The molecule has 0 atom stereocenters. The minimum atomic E-state index is 0.743. The smallest absolute Gasteiger partial charge is 0.0695 e. The molecule has 0 amide bonds. The third-order valence-corrected chi connectivity index (χ3v) is 5.50. The summed E-state index contributed by atoms with van der Waals surface area (Å²) in [7, 11) is 0. The summed E-state index contributed by atoms with van der Waals surface area (Å²) in [6.07, 6.45) is 0.984. The molecule has 1 fully saturated rings. The highest BCUT2D eigenvalue weighted by Crippen LogP contribution is 2.28. The minimum absolute atomic E-state index is 0.743. The monoisotopic (exact) mass is 367 g/mol. The third-order valence-electron chi connectivity index (χ3n) is 5.24. The Bertz CT molecular complexity index is 749. The Labute approximate surface area is 160 Å². The lowest BCUT2D eigenvalue weighted by Crippen LogP contribution is -2.47. The molecule has 4 rings (SSSR count). The molecule has 2 heterocycles.